The maximum Gasteiger partial charge on any atom is 0.233 e. The van der Waals surface area contributed by atoms with E-state index >= 15 is 0 Å². The number of thioether (sulfide) groups is 1. The van der Waals surface area contributed by atoms with Gasteiger partial charge in [0.1, 0.15) is 5.82 Å². The van der Waals surface area contributed by atoms with Crippen molar-refractivity contribution in [2.24, 2.45) is 7.05 Å². The van der Waals surface area contributed by atoms with Gasteiger partial charge in [0.05, 0.1) is 11.3 Å². The molecule has 0 aliphatic heterocycles. The molecule has 2 rings (SSSR count). The summed E-state index contributed by atoms with van der Waals surface area (Å²) in [4.78, 5) is 14.0. The number of aromatic nitrogens is 3. The van der Waals surface area contributed by atoms with Crippen molar-refractivity contribution in [3.63, 3.8) is 0 Å². The Morgan fingerprint density at radius 3 is 2.71 bits per heavy atom. The Kier molecular flexibility index (Phi) is 6.14. The van der Waals surface area contributed by atoms with Crippen molar-refractivity contribution < 1.29 is 9.18 Å². The number of halogens is 1. The summed E-state index contributed by atoms with van der Waals surface area (Å²) >= 11 is 1.29. The van der Waals surface area contributed by atoms with Crippen LogP contribution in [0.25, 0.3) is 11.4 Å². The van der Waals surface area contributed by atoms with Crippen LogP contribution in [0.15, 0.2) is 41.6 Å². The quantitative estimate of drug-likeness (QED) is 0.570. The van der Waals surface area contributed by atoms with Gasteiger partial charge < -0.3 is 9.47 Å². The molecule has 0 N–H and O–H groups in total. The third kappa shape index (κ3) is 4.23. The zero-order valence-electron chi connectivity index (χ0n) is 14.1. The fourth-order valence-corrected chi connectivity index (χ4v) is 3.05. The van der Waals surface area contributed by atoms with E-state index in [-0.39, 0.29) is 17.5 Å². The van der Waals surface area contributed by atoms with E-state index in [1.165, 1.54) is 17.8 Å². The molecule has 0 atom stereocenters. The molecule has 0 unspecified atom stereocenters. The van der Waals surface area contributed by atoms with Crippen LogP contribution >= 0.6 is 11.8 Å². The minimum Gasteiger partial charge on any atom is -0.338 e. The third-order valence-electron chi connectivity index (χ3n) is 3.47. The van der Waals surface area contributed by atoms with Crippen molar-refractivity contribution in [3.8, 4) is 11.4 Å². The number of nitrogens with zero attached hydrogens (tertiary/aromatic N) is 4. The summed E-state index contributed by atoms with van der Waals surface area (Å²) in [6.07, 6.45) is 0. The van der Waals surface area contributed by atoms with Gasteiger partial charge in [0.25, 0.3) is 0 Å². The average molecular weight is 348 g/mol. The molecule has 0 aliphatic carbocycles. The molecule has 1 aromatic heterocycles. The number of carbonyl (C=O) groups excluding carboxylic acids is 1. The number of hydrogen-bond donors (Lipinski definition) is 0. The first-order valence-electron chi connectivity index (χ1n) is 7.63. The number of carbonyl (C=O) groups is 1. The van der Waals surface area contributed by atoms with Gasteiger partial charge in [0.15, 0.2) is 11.0 Å². The van der Waals surface area contributed by atoms with E-state index in [9.17, 15) is 9.18 Å². The second-order valence-corrected chi connectivity index (χ2v) is 6.44. The largest absolute Gasteiger partial charge is 0.338 e. The van der Waals surface area contributed by atoms with E-state index in [1.807, 2.05) is 13.8 Å². The lowest BCUT2D eigenvalue weighted by molar-refractivity contribution is -0.127. The van der Waals surface area contributed by atoms with Crippen LogP contribution in [0, 0.1) is 5.82 Å². The van der Waals surface area contributed by atoms with E-state index in [1.54, 1.807) is 34.7 Å². The smallest absolute Gasteiger partial charge is 0.233 e. The van der Waals surface area contributed by atoms with Crippen LogP contribution in [0.3, 0.4) is 0 Å². The molecule has 5 nitrogen and oxygen atoms in total. The van der Waals surface area contributed by atoms with Gasteiger partial charge in [-0.05, 0) is 26.0 Å². The third-order valence-corrected chi connectivity index (χ3v) is 4.47. The molecular formula is C17H21FN4OS. The van der Waals surface area contributed by atoms with E-state index in [0.29, 0.717) is 29.6 Å². The number of likely N-dealkylation sites (N-methyl/N-ethyl adjacent to an activating group) is 1. The second-order valence-electron chi connectivity index (χ2n) is 5.50. The first-order valence-corrected chi connectivity index (χ1v) is 8.61. The van der Waals surface area contributed by atoms with Crippen LogP contribution in [0.4, 0.5) is 4.39 Å². The van der Waals surface area contributed by atoms with E-state index in [0.717, 1.165) is 5.57 Å². The molecule has 1 aromatic carbocycles. The highest BCUT2D eigenvalue weighted by atomic mass is 32.2. The van der Waals surface area contributed by atoms with Crippen molar-refractivity contribution in [2.75, 3.05) is 18.8 Å². The van der Waals surface area contributed by atoms with Crippen LogP contribution in [0.1, 0.15) is 13.8 Å². The molecule has 1 heterocycles. The van der Waals surface area contributed by atoms with E-state index in [4.69, 9.17) is 0 Å². The molecule has 24 heavy (non-hydrogen) atoms. The summed E-state index contributed by atoms with van der Waals surface area (Å²) < 4.78 is 15.6. The number of rotatable bonds is 7. The lowest BCUT2D eigenvalue weighted by atomic mass is 10.2. The Labute approximate surface area is 145 Å². The molecule has 0 aliphatic rings. The number of benzene rings is 1. The van der Waals surface area contributed by atoms with Gasteiger partial charge in [-0.1, -0.05) is 36.0 Å². The summed E-state index contributed by atoms with van der Waals surface area (Å²) in [5, 5.41) is 8.70. The fraction of sp³-hybridized carbons (Fsp3) is 0.353. The maximum absolute atomic E-state index is 13.9. The Bertz CT molecular complexity index is 744. The van der Waals surface area contributed by atoms with Crippen molar-refractivity contribution in [2.45, 2.75) is 19.0 Å². The van der Waals surface area contributed by atoms with Gasteiger partial charge in [0.2, 0.25) is 5.91 Å². The Morgan fingerprint density at radius 1 is 1.38 bits per heavy atom. The van der Waals surface area contributed by atoms with Crippen LogP contribution in [0.2, 0.25) is 0 Å². The lowest BCUT2D eigenvalue weighted by Gasteiger charge is -2.20. The molecule has 2 aromatic rings. The predicted molar refractivity (Wildman–Crippen MR) is 94.2 cm³/mol. The molecule has 0 saturated carbocycles. The molecule has 0 spiro atoms. The van der Waals surface area contributed by atoms with Gasteiger partial charge in [0, 0.05) is 20.1 Å². The molecule has 0 bridgehead atoms. The predicted octanol–water partition coefficient (Wildman–Crippen LogP) is 3.14. The molecule has 1 amide bonds. The fourth-order valence-electron chi connectivity index (χ4n) is 2.24. The van der Waals surface area contributed by atoms with Crippen LogP contribution in [-0.4, -0.2) is 44.4 Å². The zero-order chi connectivity index (χ0) is 17.7. The maximum atomic E-state index is 13.9. The summed E-state index contributed by atoms with van der Waals surface area (Å²) in [5.74, 6) is 0.363. The first kappa shape index (κ1) is 18.2. The normalized spacial score (nSPS) is 10.7. The molecule has 128 valence electrons. The van der Waals surface area contributed by atoms with Crippen molar-refractivity contribution >= 4 is 17.7 Å². The van der Waals surface area contributed by atoms with Crippen LogP contribution < -0.4 is 0 Å². The van der Waals surface area contributed by atoms with Gasteiger partial charge in [-0.2, -0.15) is 0 Å². The highest BCUT2D eigenvalue weighted by Crippen LogP contribution is 2.24. The monoisotopic (exact) mass is 348 g/mol. The number of hydrogen-bond acceptors (Lipinski definition) is 4. The Balaban J connectivity index is 2.08. The Morgan fingerprint density at radius 2 is 2.08 bits per heavy atom. The van der Waals surface area contributed by atoms with E-state index in [2.05, 4.69) is 16.8 Å². The molecule has 0 saturated heterocycles. The van der Waals surface area contributed by atoms with Crippen LogP contribution in [0.5, 0.6) is 0 Å². The zero-order valence-corrected chi connectivity index (χ0v) is 14.9. The standard InChI is InChI=1S/C17H21FN4OS/c1-5-22(10-12(2)3)15(23)11-24-17-20-19-16(21(17)4)13-8-6-7-9-14(13)18/h6-9H,2,5,10-11H2,1,3-4H3. The second kappa shape index (κ2) is 8.10. The summed E-state index contributed by atoms with van der Waals surface area (Å²) in [7, 11) is 1.76. The van der Waals surface area contributed by atoms with E-state index < -0.39 is 0 Å². The van der Waals surface area contributed by atoms with Crippen molar-refractivity contribution in [1.29, 1.82) is 0 Å². The average Bonchev–Trinajstić information content (AvgIpc) is 2.91. The topological polar surface area (TPSA) is 51.0 Å². The molecular weight excluding hydrogens is 327 g/mol. The molecule has 7 heteroatoms. The number of amides is 1. The first-order chi connectivity index (χ1) is 11.4. The van der Waals surface area contributed by atoms with Crippen molar-refractivity contribution in [3.05, 3.63) is 42.2 Å². The van der Waals surface area contributed by atoms with Gasteiger partial charge in [-0.15, -0.1) is 10.2 Å². The minimum atomic E-state index is -0.348. The SMILES string of the molecule is C=C(C)CN(CC)C(=O)CSc1nnc(-c2ccccc2F)n1C. The minimum absolute atomic E-state index is 0.0148. The van der Waals surface area contributed by atoms with Gasteiger partial charge in [-0.3, -0.25) is 4.79 Å². The van der Waals surface area contributed by atoms with Crippen molar-refractivity contribution in [1.82, 2.24) is 19.7 Å². The summed E-state index contributed by atoms with van der Waals surface area (Å²) in [6.45, 7) is 8.85. The summed E-state index contributed by atoms with van der Waals surface area (Å²) in [6, 6.07) is 6.42. The van der Waals surface area contributed by atoms with Gasteiger partial charge >= 0.3 is 0 Å². The molecule has 0 radical (unpaired) electrons. The summed E-state index contributed by atoms with van der Waals surface area (Å²) in [5.41, 5.74) is 1.33. The highest BCUT2D eigenvalue weighted by Gasteiger charge is 2.17. The Hall–Kier alpha value is -2.15. The van der Waals surface area contributed by atoms with Crippen LogP contribution in [-0.2, 0) is 11.8 Å². The lowest BCUT2D eigenvalue weighted by Crippen LogP contribution is -2.33. The van der Waals surface area contributed by atoms with Gasteiger partial charge in [-0.25, -0.2) is 4.39 Å². The highest BCUT2D eigenvalue weighted by molar-refractivity contribution is 7.99. The molecule has 0 fully saturated rings.